The van der Waals surface area contributed by atoms with Gasteiger partial charge in [-0.3, -0.25) is 9.79 Å². The van der Waals surface area contributed by atoms with Gasteiger partial charge in [0.15, 0.2) is 0 Å². The molecule has 24 heavy (non-hydrogen) atoms. The number of amides is 1. The van der Waals surface area contributed by atoms with Crippen molar-refractivity contribution in [2.45, 2.75) is 32.7 Å². The summed E-state index contributed by atoms with van der Waals surface area (Å²) in [5, 5.41) is 2.98. The highest BCUT2D eigenvalue weighted by Gasteiger charge is 2.26. The molecule has 1 aliphatic carbocycles. The molecule has 0 saturated heterocycles. The van der Waals surface area contributed by atoms with Gasteiger partial charge >= 0.3 is 0 Å². The molecule has 0 spiro atoms. The number of allylic oxidation sites excluding steroid dienone is 2. The Bertz CT molecular complexity index is 792. The van der Waals surface area contributed by atoms with Gasteiger partial charge in [0.1, 0.15) is 0 Å². The lowest BCUT2D eigenvalue weighted by atomic mass is 9.92. The van der Waals surface area contributed by atoms with Crippen LogP contribution in [0.2, 0.25) is 0 Å². The molecule has 1 unspecified atom stereocenters. The van der Waals surface area contributed by atoms with E-state index in [1.54, 1.807) is 0 Å². The van der Waals surface area contributed by atoms with Gasteiger partial charge in [0, 0.05) is 23.1 Å². The summed E-state index contributed by atoms with van der Waals surface area (Å²) in [6.45, 7) is 4.10. The summed E-state index contributed by atoms with van der Waals surface area (Å²) in [5.74, 6) is 0.0663. The Hall–Kier alpha value is -2.27. The van der Waals surface area contributed by atoms with E-state index in [1.165, 1.54) is 0 Å². The van der Waals surface area contributed by atoms with Crippen LogP contribution < -0.4 is 11.1 Å². The van der Waals surface area contributed by atoms with Crippen molar-refractivity contribution in [2.24, 2.45) is 16.6 Å². The first kappa shape index (κ1) is 16.6. The number of fused-ring (bicyclic) bond motifs is 3. The summed E-state index contributed by atoms with van der Waals surface area (Å²) in [7, 11) is 0. The van der Waals surface area contributed by atoms with Gasteiger partial charge < -0.3 is 11.1 Å². The second kappa shape index (κ2) is 6.69. The number of carbonyl (C=O) groups is 1. The van der Waals surface area contributed by atoms with Crippen molar-refractivity contribution in [3.05, 3.63) is 47.6 Å². The summed E-state index contributed by atoms with van der Waals surface area (Å²) in [4.78, 5) is 17.6. The van der Waals surface area contributed by atoms with E-state index in [0.717, 1.165) is 29.0 Å². The fourth-order valence-electron chi connectivity index (χ4n) is 3.01. The molecule has 0 fully saturated rings. The molecule has 1 aromatic rings. The van der Waals surface area contributed by atoms with Crippen molar-refractivity contribution in [1.82, 2.24) is 5.32 Å². The van der Waals surface area contributed by atoms with E-state index in [4.69, 9.17) is 18.0 Å². The molecular weight excluding hydrogens is 318 g/mol. The SMILES string of the molecule is CC[C@H](C)C(NC(=O)C1=CCC2=Nc3ccccc3C2=C1)C(N)=S. The minimum Gasteiger partial charge on any atom is -0.392 e. The van der Waals surface area contributed by atoms with Gasteiger partial charge in [-0.25, -0.2) is 0 Å². The second-order valence-corrected chi connectivity index (χ2v) is 6.71. The molecule has 1 heterocycles. The van der Waals surface area contributed by atoms with E-state index in [9.17, 15) is 4.79 Å². The standard InChI is InChI=1S/C19H21N3OS/c1-3-11(2)17(18(20)24)22-19(23)12-8-9-16-14(10-12)13-6-4-5-7-15(13)21-16/h4-8,10-11,17H,3,9H2,1-2H3,(H2,20,24)(H,22,23)/t11-,17?/m0/s1. The number of thiocarbonyl (C=S) groups is 1. The van der Waals surface area contributed by atoms with Crippen molar-refractivity contribution >= 4 is 40.1 Å². The molecule has 0 radical (unpaired) electrons. The molecule has 2 aliphatic rings. The van der Waals surface area contributed by atoms with Crippen LogP contribution in [0.3, 0.4) is 0 Å². The van der Waals surface area contributed by atoms with Gasteiger partial charge in [-0.15, -0.1) is 0 Å². The first-order chi connectivity index (χ1) is 11.5. The van der Waals surface area contributed by atoms with Crippen LogP contribution in [0.5, 0.6) is 0 Å². The third-order valence-electron chi connectivity index (χ3n) is 4.64. The molecule has 0 aromatic heterocycles. The number of carbonyl (C=O) groups excluding carboxylic acids is 1. The first-order valence-electron chi connectivity index (χ1n) is 8.20. The van der Waals surface area contributed by atoms with Crippen LogP contribution in [0.15, 0.2) is 47.0 Å². The largest absolute Gasteiger partial charge is 0.392 e. The number of nitrogens with zero attached hydrogens (tertiary/aromatic N) is 1. The molecule has 124 valence electrons. The molecule has 1 amide bonds. The molecular formula is C19H21N3OS. The number of aliphatic imine (C=N–C) groups is 1. The molecule has 3 N–H and O–H groups in total. The highest BCUT2D eigenvalue weighted by atomic mass is 32.1. The van der Waals surface area contributed by atoms with Crippen molar-refractivity contribution in [3.63, 3.8) is 0 Å². The van der Waals surface area contributed by atoms with Crippen LogP contribution in [0.25, 0.3) is 5.57 Å². The van der Waals surface area contributed by atoms with Crippen molar-refractivity contribution in [2.75, 3.05) is 0 Å². The van der Waals surface area contributed by atoms with Crippen LogP contribution >= 0.6 is 12.2 Å². The number of para-hydroxylation sites is 1. The Morgan fingerprint density at radius 2 is 2.17 bits per heavy atom. The Kier molecular flexibility index (Phi) is 4.62. The molecule has 5 heteroatoms. The van der Waals surface area contributed by atoms with Crippen LogP contribution in [-0.2, 0) is 4.79 Å². The Labute approximate surface area is 147 Å². The molecule has 3 rings (SSSR count). The van der Waals surface area contributed by atoms with Crippen LogP contribution in [0.1, 0.15) is 32.3 Å². The van der Waals surface area contributed by atoms with Crippen molar-refractivity contribution in [1.29, 1.82) is 0 Å². The van der Waals surface area contributed by atoms with E-state index in [1.807, 2.05) is 43.3 Å². The number of rotatable bonds is 5. The number of hydrogen-bond donors (Lipinski definition) is 2. The molecule has 1 aromatic carbocycles. The maximum Gasteiger partial charge on any atom is 0.251 e. The third kappa shape index (κ3) is 3.04. The highest BCUT2D eigenvalue weighted by molar-refractivity contribution is 7.80. The number of hydrogen-bond acceptors (Lipinski definition) is 3. The quantitative estimate of drug-likeness (QED) is 0.809. The smallest absolute Gasteiger partial charge is 0.251 e. The zero-order valence-corrected chi connectivity index (χ0v) is 14.7. The zero-order chi connectivity index (χ0) is 17.3. The second-order valence-electron chi connectivity index (χ2n) is 6.24. The lowest BCUT2D eigenvalue weighted by Gasteiger charge is -2.24. The van der Waals surface area contributed by atoms with E-state index in [-0.39, 0.29) is 17.9 Å². The number of nitrogens with one attached hydrogen (secondary N) is 1. The van der Waals surface area contributed by atoms with E-state index < -0.39 is 0 Å². The lowest BCUT2D eigenvalue weighted by molar-refractivity contribution is -0.117. The van der Waals surface area contributed by atoms with E-state index in [2.05, 4.69) is 17.2 Å². The average Bonchev–Trinajstić information content (AvgIpc) is 2.96. The van der Waals surface area contributed by atoms with Crippen LogP contribution in [0, 0.1) is 5.92 Å². The maximum atomic E-state index is 12.7. The van der Waals surface area contributed by atoms with Gasteiger partial charge in [-0.05, 0) is 18.1 Å². The van der Waals surface area contributed by atoms with E-state index in [0.29, 0.717) is 17.0 Å². The Balaban J connectivity index is 1.82. The Morgan fingerprint density at radius 1 is 1.42 bits per heavy atom. The third-order valence-corrected chi connectivity index (χ3v) is 4.90. The predicted molar refractivity (Wildman–Crippen MR) is 102 cm³/mol. The topological polar surface area (TPSA) is 67.5 Å². The summed E-state index contributed by atoms with van der Waals surface area (Å²) in [6.07, 6.45) is 5.38. The summed E-state index contributed by atoms with van der Waals surface area (Å²) in [6, 6.07) is 7.70. The predicted octanol–water partition coefficient (Wildman–Crippen LogP) is 3.30. The van der Waals surface area contributed by atoms with Gasteiger partial charge in [-0.1, -0.05) is 56.8 Å². The lowest BCUT2D eigenvalue weighted by Crippen LogP contribution is -2.47. The minimum absolute atomic E-state index is 0.135. The fraction of sp³-hybridized carbons (Fsp3) is 0.316. The average molecular weight is 339 g/mol. The molecule has 0 bridgehead atoms. The maximum absolute atomic E-state index is 12.7. The zero-order valence-electron chi connectivity index (χ0n) is 13.9. The molecule has 0 saturated carbocycles. The summed E-state index contributed by atoms with van der Waals surface area (Å²) < 4.78 is 0. The van der Waals surface area contributed by atoms with Gasteiger partial charge in [0.2, 0.25) is 0 Å². The van der Waals surface area contributed by atoms with Crippen molar-refractivity contribution in [3.8, 4) is 0 Å². The van der Waals surface area contributed by atoms with Crippen molar-refractivity contribution < 1.29 is 4.79 Å². The fourth-order valence-corrected chi connectivity index (χ4v) is 3.30. The summed E-state index contributed by atoms with van der Waals surface area (Å²) >= 11 is 5.12. The highest BCUT2D eigenvalue weighted by Crippen LogP contribution is 2.38. The Morgan fingerprint density at radius 3 is 2.88 bits per heavy atom. The monoisotopic (exact) mass is 339 g/mol. The number of nitrogens with two attached hydrogens (primary N) is 1. The van der Waals surface area contributed by atoms with Crippen LogP contribution in [-0.4, -0.2) is 22.6 Å². The summed E-state index contributed by atoms with van der Waals surface area (Å²) in [5.41, 5.74) is 10.5. The van der Waals surface area contributed by atoms with E-state index >= 15 is 0 Å². The van der Waals surface area contributed by atoms with Gasteiger partial charge in [0.25, 0.3) is 5.91 Å². The minimum atomic E-state index is -0.289. The van der Waals surface area contributed by atoms with Gasteiger partial charge in [-0.2, -0.15) is 0 Å². The van der Waals surface area contributed by atoms with Gasteiger partial charge in [0.05, 0.1) is 22.4 Å². The first-order valence-corrected chi connectivity index (χ1v) is 8.61. The molecule has 2 atom stereocenters. The van der Waals surface area contributed by atoms with Crippen LogP contribution in [0.4, 0.5) is 5.69 Å². The normalized spacial score (nSPS) is 17.7. The molecule has 4 nitrogen and oxygen atoms in total. The number of benzene rings is 1. The molecule has 1 aliphatic heterocycles.